The van der Waals surface area contributed by atoms with Gasteiger partial charge in [-0.05, 0) is 28.4 Å². The van der Waals surface area contributed by atoms with Crippen molar-refractivity contribution in [3.63, 3.8) is 0 Å². The number of aromatic nitrogens is 1. The van der Waals surface area contributed by atoms with Crippen LogP contribution in [0.4, 0.5) is 0 Å². The smallest absolute Gasteiger partial charge is 0.232 e. The summed E-state index contributed by atoms with van der Waals surface area (Å²) in [6, 6.07) is 1.80. The zero-order valence-corrected chi connectivity index (χ0v) is 12.6. The van der Waals surface area contributed by atoms with Crippen LogP contribution in [0.3, 0.4) is 0 Å². The molecule has 1 aromatic rings. The summed E-state index contributed by atoms with van der Waals surface area (Å²) in [6.07, 6.45) is 9.22. The molecule has 1 rings (SSSR count). The van der Waals surface area contributed by atoms with Crippen molar-refractivity contribution < 1.29 is 4.74 Å². The first kappa shape index (κ1) is 14.8. The molecule has 0 unspecified atom stereocenters. The first-order valence-electron chi connectivity index (χ1n) is 6.18. The van der Waals surface area contributed by atoms with Crippen LogP contribution in [0.25, 0.3) is 0 Å². The van der Waals surface area contributed by atoms with E-state index in [1.165, 1.54) is 32.1 Å². The Balaban J connectivity index is 2.14. The predicted molar refractivity (Wildman–Crippen MR) is 75.8 cm³/mol. The van der Waals surface area contributed by atoms with Gasteiger partial charge in [-0.2, -0.15) is 0 Å². The molecule has 0 saturated carbocycles. The maximum atomic E-state index is 5.99. The van der Waals surface area contributed by atoms with Crippen LogP contribution in [-0.2, 0) is 0 Å². The summed E-state index contributed by atoms with van der Waals surface area (Å²) in [7, 11) is 0. The molecular formula is C13H19BrClNO. The zero-order chi connectivity index (χ0) is 12.5. The first-order valence-corrected chi connectivity index (χ1v) is 7.35. The largest absolute Gasteiger partial charge is 0.477 e. The lowest BCUT2D eigenvalue weighted by molar-refractivity contribution is 0.293. The highest BCUT2D eigenvalue weighted by atomic mass is 79.9. The van der Waals surface area contributed by atoms with Gasteiger partial charge in [0.1, 0.15) is 5.02 Å². The Bertz CT molecular complexity index is 333. The van der Waals surface area contributed by atoms with Crippen molar-refractivity contribution in [1.82, 2.24) is 4.98 Å². The molecule has 4 heteroatoms. The molecule has 0 aliphatic heterocycles. The van der Waals surface area contributed by atoms with Crippen LogP contribution in [0.1, 0.15) is 45.4 Å². The Hall–Kier alpha value is -0.280. The Kier molecular flexibility index (Phi) is 7.62. The van der Waals surface area contributed by atoms with Gasteiger partial charge in [-0.25, -0.2) is 4.98 Å². The second-order valence-corrected chi connectivity index (χ2v) is 5.38. The fourth-order valence-corrected chi connectivity index (χ4v) is 2.24. The summed E-state index contributed by atoms with van der Waals surface area (Å²) >= 11 is 9.30. The quantitative estimate of drug-likeness (QED) is 0.611. The summed E-state index contributed by atoms with van der Waals surface area (Å²) in [4.78, 5) is 4.12. The van der Waals surface area contributed by atoms with Gasteiger partial charge in [-0.15, -0.1) is 0 Å². The van der Waals surface area contributed by atoms with Crippen molar-refractivity contribution in [2.24, 2.45) is 0 Å². The highest BCUT2D eigenvalue weighted by Crippen LogP contribution is 2.24. The molecule has 0 spiro atoms. The third kappa shape index (κ3) is 6.27. The average Bonchev–Trinajstić information content (AvgIpc) is 2.30. The highest BCUT2D eigenvalue weighted by molar-refractivity contribution is 9.10. The lowest BCUT2D eigenvalue weighted by Gasteiger charge is -2.06. The second kappa shape index (κ2) is 8.76. The van der Waals surface area contributed by atoms with Crippen molar-refractivity contribution in [3.8, 4) is 5.88 Å². The normalized spacial score (nSPS) is 10.5. The van der Waals surface area contributed by atoms with E-state index in [0.29, 0.717) is 17.5 Å². The van der Waals surface area contributed by atoms with E-state index in [1.54, 1.807) is 12.3 Å². The highest BCUT2D eigenvalue weighted by Gasteiger charge is 2.03. The molecule has 1 aromatic heterocycles. The number of halogens is 2. The van der Waals surface area contributed by atoms with Gasteiger partial charge in [-0.3, -0.25) is 0 Å². The zero-order valence-electron chi connectivity index (χ0n) is 10.2. The Morgan fingerprint density at radius 2 is 1.94 bits per heavy atom. The van der Waals surface area contributed by atoms with Crippen LogP contribution in [-0.4, -0.2) is 11.6 Å². The van der Waals surface area contributed by atoms with Crippen molar-refractivity contribution in [1.29, 1.82) is 0 Å². The lowest BCUT2D eigenvalue weighted by Crippen LogP contribution is -1.99. The fourth-order valence-electron chi connectivity index (χ4n) is 1.56. The molecular weight excluding hydrogens is 302 g/mol. The number of hydrogen-bond donors (Lipinski definition) is 0. The van der Waals surface area contributed by atoms with Crippen LogP contribution in [0.2, 0.25) is 5.02 Å². The van der Waals surface area contributed by atoms with E-state index in [0.717, 1.165) is 10.9 Å². The third-order valence-corrected chi connectivity index (χ3v) is 3.22. The number of pyridine rings is 1. The van der Waals surface area contributed by atoms with Gasteiger partial charge in [-0.1, -0.05) is 50.6 Å². The SMILES string of the molecule is CCCCCCCCOc1ncc(Br)cc1Cl. The summed E-state index contributed by atoms with van der Waals surface area (Å²) in [5, 5.41) is 0.561. The van der Waals surface area contributed by atoms with Gasteiger partial charge in [0, 0.05) is 10.7 Å². The summed E-state index contributed by atoms with van der Waals surface area (Å²) in [5.74, 6) is 0.531. The van der Waals surface area contributed by atoms with Gasteiger partial charge in [0.15, 0.2) is 0 Å². The maximum Gasteiger partial charge on any atom is 0.232 e. The maximum absolute atomic E-state index is 5.99. The molecule has 0 N–H and O–H groups in total. The van der Waals surface area contributed by atoms with Crippen LogP contribution >= 0.6 is 27.5 Å². The van der Waals surface area contributed by atoms with Crippen molar-refractivity contribution in [2.75, 3.05) is 6.61 Å². The summed E-state index contributed by atoms with van der Waals surface area (Å²) < 4.78 is 6.40. The molecule has 0 atom stereocenters. The second-order valence-electron chi connectivity index (χ2n) is 4.06. The number of nitrogens with zero attached hydrogens (tertiary/aromatic N) is 1. The van der Waals surface area contributed by atoms with Gasteiger partial charge in [0.25, 0.3) is 0 Å². The number of rotatable bonds is 8. The van der Waals surface area contributed by atoms with Gasteiger partial charge in [0.05, 0.1) is 6.61 Å². The van der Waals surface area contributed by atoms with E-state index in [4.69, 9.17) is 16.3 Å². The van der Waals surface area contributed by atoms with Crippen LogP contribution in [0.5, 0.6) is 5.88 Å². The van der Waals surface area contributed by atoms with Gasteiger partial charge in [0.2, 0.25) is 5.88 Å². The number of hydrogen-bond acceptors (Lipinski definition) is 2. The van der Waals surface area contributed by atoms with Crippen LogP contribution < -0.4 is 4.74 Å². The van der Waals surface area contributed by atoms with Gasteiger partial charge >= 0.3 is 0 Å². The first-order chi connectivity index (χ1) is 8.24. The van der Waals surface area contributed by atoms with Crippen LogP contribution in [0.15, 0.2) is 16.7 Å². The van der Waals surface area contributed by atoms with E-state index < -0.39 is 0 Å². The molecule has 0 aliphatic carbocycles. The molecule has 0 aromatic carbocycles. The lowest BCUT2D eigenvalue weighted by atomic mass is 10.1. The third-order valence-electron chi connectivity index (χ3n) is 2.51. The molecule has 0 amide bonds. The summed E-state index contributed by atoms with van der Waals surface area (Å²) in [5.41, 5.74) is 0. The van der Waals surface area contributed by atoms with E-state index in [1.807, 2.05) is 0 Å². The van der Waals surface area contributed by atoms with Crippen molar-refractivity contribution >= 4 is 27.5 Å². The monoisotopic (exact) mass is 319 g/mol. The minimum absolute atomic E-state index is 0.531. The van der Waals surface area contributed by atoms with Crippen molar-refractivity contribution in [2.45, 2.75) is 45.4 Å². The van der Waals surface area contributed by atoms with Crippen LogP contribution in [0, 0.1) is 0 Å². The number of ether oxygens (including phenoxy) is 1. The molecule has 17 heavy (non-hydrogen) atoms. The molecule has 0 bridgehead atoms. The number of unbranched alkanes of at least 4 members (excludes halogenated alkanes) is 5. The van der Waals surface area contributed by atoms with Gasteiger partial charge < -0.3 is 4.74 Å². The minimum atomic E-state index is 0.531. The Labute approximate surface area is 117 Å². The average molecular weight is 321 g/mol. The van der Waals surface area contributed by atoms with Crippen molar-refractivity contribution in [3.05, 3.63) is 21.8 Å². The molecule has 0 aliphatic rings. The molecule has 2 nitrogen and oxygen atoms in total. The predicted octanol–water partition coefficient (Wildman–Crippen LogP) is 5.24. The summed E-state index contributed by atoms with van der Waals surface area (Å²) in [6.45, 7) is 2.92. The van der Waals surface area contributed by atoms with E-state index in [9.17, 15) is 0 Å². The molecule has 96 valence electrons. The van der Waals surface area contributed by atoms with E-state index in [-0.39, 0.29) is 0 Å². The topological polar surface area (TPSA) is 22.1 Å². The molecule has 0 fully saturated rings. The Morgan fingerprint density at radius 1 is 1.24 bits per heavy atom. The van der Waals surface area contributed by atoms with E-state index >= 15 is 0 Å². The standard InChI is InChI=1S/C13H19BrClNO/c1-2-3-4-5-6-7-8-17-13-12(15)9-11(14)10-16-13/h9-10H,2-8H2,1H3. The molecule has 0 saturated heterocycles. The van der Waals surface area contributed by atoms with E-state index in [2.05, 4.69) is 27.8 Å². The molecule has 1 heterocycles. The fraction of sp³-hybridized carbons (Fsp3) is 0.615. The molecule has 0 radical (unpaired) electrons. The Morgan fingerprint density at radius 3 is 2.65 bits per heavy atom. The minimum Gasteiger partial charge on any atom is -0.477 e.